The standard InChI is InChI=1S/C25H26N2O3S/c1-18-8-10-23(11-9-18)31(29,30)27(22-15-19(2)14-20(3)16-22)17-25(28)26-13-12-21-6-4-5-7-24(21)26/h4-11,14-16H,12-13,17H2,1-3H3. The molecule has 1 aliphatic heterocycles. The number of hydrogen-bond acceptors (Lipinski definition) is 3. The predicted molar refractivity (Wildman–Crippen MR) is 124 cm³/mol. The van der Waals surface area contributed by atoms with E-state index in [4.69, 9.17) is 0 Å². The number of sulfonamides is 1. The topological polar surface area (TPSA) is 57.7 Å². The summed E-state index contributed by atoms with van der Waals surface area (Å²) in [5.41, 5.74) is 5.33. The lowest BCUT2D eigenvalue weighted by Gasteiger charge is -2.27. The van der Waals surface area contributed by atoms with Gasteiger partial charge in [0, 0.05) is 12.2 Å². The minimum absolute atomic E-state index is 0.173. The van der Waals surface area contributed by atoms with Crippen LogP contribution in [0.1, 0.15) is 22.3 Å². The molecule has 5 nitrogen and oxygen atoms in total. The fourth-order valence-electron chi connectivity index (χ4n) is 4.05. The number of anilines is 2. The first-order valence-corrected chi connectivity index (χ1v) is 11.8. The number of aryl methyl sites for hydroxylation is 3. The Morgan fingerprint density at radius 3 is 2.23 bits per heavy atom. The molecule has 0 fully saturated rings. The first-order valence-electron chi connectivity index (χ1n) is 10.3. The van der Waals surface area contributed by atoms with Gasteiger partial charge < -0.3 is 4.90 Å². The lowest BCUT2D eigenvalue weighted by molar-refractivity contribution is -0.117. The van der Waals surface area contributed by atoms with Crippen LogP contribution >= 0.6 is 0 Å². The molecule has 31 heavy (non-hydrogen) atoms. The van der Waals surface area contributed by atoms with Crippen LogP contribution in [0.2, 0.25) is 0 Å². The van der Waals surface area contributed by atoms with Gasteiger partial charge in [0.1, 0.15) is 6.54 Å². The van der Waals surface area contributed by atoms with Gasteiger partial charge in [0.15, 0.2) is 0 Å². The van der Waals surface area contributed by atoms with Gasteiger partial charge in [0.05, 0.1) is 10.6 Å². The molecule has 4 rings (SSSR count). The molecule has 1 aliphatic rings. The van der Waals surface area contributed by atoms with Crippen molar-refractivity contribution in [2.24, 2.45) is 0 Å². The van der Waals surface area contributed by atoms with E-state index in [-0.39, 0.29) is 17.3 Å². The number of carbonyl (C=O) groups excluding carboxylic acids is 1. The molecule has 0 unspecified atom stereocenters. The zero-order valence-corrected chi connectivity index (χ0v) is 18.8. The molecule has 0 saturated heterocycles. The summed E-state index contributed by atoms with van der Waals surface area (Å²) in [5.74, 6) is -0.236. The first-order chi connectivity index (χ1) is 14.8. The van der Waals surface area contributed by atoms with Gasteiger partial charge in [-0.25, -0.2) is 8.42 Å². The van der Waals surface area contributed by atoms with Crippen LogP contribution in [0, 0.1) is 20.8 Å². The number of nitrogens with zero attached hydrogens (tertiary/aromatic N) is 2. The number of fused-ring (bicyclic) bond motifs is 1. The third kappa shape index (κ3) is 4.21. The molecule has 1 heterocycles. The smallest absolute Gasteiger partial charge is 0.264 e. The summed E-state index contributed by atoms with van der Waals surface area (Å²) in [7, 11) is -3.92. The molecule has 0 spiro atoms. The molecule has 1 amide bonds. The van der Waals surface area contributed by atoms with Gasteiger partial charge in [-0.15, -0.1) is 0 Å². The molecule has 0 aromatic heterocycles. The molecular weight excluding hydrogens is 408 g/mol. The highest BCUT2D eigenvalue weighted by Crippen LogP contribution is 2.30. The Morgan fingerprint density at radius 1 is 0.903 bits per heavy atom. The van der Waals surface area contributed by atoms with Gasteiger partial charge in [-0.1, -0.05) is 42.0 Å². The summed E-state index contributed by atoms with van der Waals surface area (Å²) < 4.78 is 28.5. The van der Waals surface area contributed by atoms with Crippen LogP contribution in [0.3, 0.4) is 0 Å². The minimum atomic E-state index is -3.92. The van der Waals surface area contributed by atoms with Gasteiger partial charge in [-0.05, 0) is 74.2 Å². The van der Waals surface area contributed by atoms with Gasteiger partial charge in [-0.3, -0.25) is 9.10 Å². The SMILES string of the molecule is Cc1ccc(S(=O)(=O)N(CC(=O)N2CCc3ccccc32)c2cc(C)cc(C)c2)cc1. The fourth-order valence-corrected chi connectivity index (χ4v) is 5.45. The number of carbonyl (C=O) groups is 1. The van der Waals surface area contributed by atoms with E-state index in [1.165, 1.54) is 4.31 Å². The highest BCUT2D eigenvalue weighted by molar-refractivity contribution is 7.92. The molecule has 0 bridgehead atoms. The quantitative estimate of drug-likeness (QED) is 0.598. The second kappa shape index (κ2) is 8.19. The largest absolute Gasteiger partial charge is 0.310 e. The van der Waals surface area contributed by atoms with Crippen molar-refractivity contribution in [3.63, 3.8) is 0 Å². The van der Waals surface area contributed by atoms with Crippen LogP contribution in [0.15, 0.2) is 71.6 Å². The third-order valence-corrected chi connectivity index (χ3v) is 7.36. The van der Waals surface area contributed by atoms with Crippen LogP contribution in [-0.2, 0) is 21.2 Å². The van der Waals surface area contributed by atoms with E-state index in [1.807, 2.05) is 63.2 Å². The summed E-state index contributed by atoms with van der Waals surface area (Å²) >= 11 is 0. The maximum Gasteiger partial charge on any atom is 0.264 e. The van der Waals surface area contributed by atoms with E-state index in [0.717, 1.165) is 34.4 Å². The van der Waals surface area contributed by atoms with Crippen LogP contribution in [-0.4, -0.2) is 27.4 Å². The van der Waals surface area contributed by atoms with Crippen LogP contribution in [0.25, 0.3) is 0 Å². The molecule has 0 radical (unpaired) electrons. The average molecular weight is 435 g/mol. The highest BCUT2D eigenvalue weighted by atomic mass is 32.2. The maximum atomic E-state index is 13.6. The Bertz CT molecular complexity index is 1210. The van der Waals surface area contributed by atoms with Crippen molar-refractivity contribution >= 4 is 27.3 Å². The van der Waals surface area contributed by atoms with Crippen molar-refractivity contribution in [1.29, 1.82) is 0 Å². The van der Waals surface area contributed by atoms with Crippen molar-refractivity contribution < 1.29 is 13.2 Å². The van der Waals surface area contributed by atoms with E-state index in [1.54, 1.807) is 29.2 Å². The van der Waals surface area contributed by atoms with Gasteiger partial charge in [0.25, 0.3) is 10.0 Å². The van der Waals surface area contributed by atoms with Crippen molar-refractivity contribution in [2.75, 3.05) is 22.3 Å². The number of rotatable bonds is 5. The van der Waals surface area contributed by atoms with Crippen LogP contribution in [0.4, 0.5) is 11.4 Å². The van der Waals surface area contributed by atoms with Gasteiger partial charge in [0.2, 0.25) is 5.91 Å². The van der Waals surface area contributed by atoms with E-state index in [0.29, 0.717) is 12.2 Å². The van der Waals surface area contributed by atoms with Crippen molar-refractivity contribution in [3.8, 4) is 0 Å². The summed E-state index contributed by atoms with van der Waals surface area (Å²) in [6.45, 7) is 6.06. The molecule has 3 aromatic rings. The number of amides is 1. The maximum absolute atomic E-state index is 13.6. The Kier molecular flexibility index (Phi) is 5.58. The van der Waals surface area contributed by atoms with E-state index in [2.05, 4.69) is 0 Å². The van der Waals surface area contributed by atoms with Crippen molar-refractivity contribution in [3.05, 3.63) is 89.0 Å². The lowest BCUT2D eigenvalue weighted by atomic mass is 10.1. The second-order valence-corrected chi connectivity index (χ2v) is 9.96. The minimum Gasteiger partial charge on any atom is -0.310 e. The highest BCUT2D eigenvalue weighted by Gasteiger charge is 2.31. The summed E-state index contributed by atoms with van der Waals surface area (Å²) in [5, 5.41) is 0. The molecule has 0 N–H and O–H groups in total. The van der Waals surface area contributed by atoms with Gasteiger partial charge in [-0.2, -0.15) is 0 Å². The Labute approximate surface area is 184 Å². The first kappa shape index (κ1) is 21.1. The second-order valence-electron chi connectivity index (χ2n) is 8.09. The summed E-state index contributed by atoms with van der Waals surface area (Å²) in [6, 6.07) is 20.1. The van der Waals surface area contributed by atoms with Crippen LogP contribution < -0.4 is 9.21 Å². The molecule has 6 heteroatoms. The Morgan fingerprint density at radius 2 is 1.55 bits per heavy atom. The zero-order chi connectivity index (χ0) is 22.2. The number of benzene rings is 3. The zero-order valence-electron chi connectivity index (χ0n) is 18.0. The molecule has 0 aliphatic carbocycles. The fraction of sp³-hybridized carbons (Fsp3) is 0.240. The molecule has 0 atom stereocenters. The number of hydrogen-bond donors (Lipinski definition) is 0. The monoisotopic (exact) mass is 434 g/mol. The Balaban J connectivity index is 1.74. The van der Waals surface area contributed by atoms with E-state index in [9.17, 15) is 13.2 Å². The molecule has 3 aromatic carbocycles. The van der Waals surface area contributed by atoms with E-state index < -0.39 is 10.0 Å². The molecular formula is C25H26N2O3S. The third-order valence-electron chi connectivity index (χ3n) is 5.57. The number of para-hydroxylation sites is 1. The van der Waals surface area contributed by atoms with Crippen LogP contribution in [0.5, 0.6) is 0 Å². The summed E-state index contributed by atoms with van der Waals surface area (Å²) in [6.07, 6.45) is 0.774. The molecule has 160 valence electrons. The predicted octanol–water partition coefficient (Wildman–Crippen LogP) is 4.40. The van der Waals surface area contributed by atoms with Gasteiger partial charge >= 0.3 is 0 Å². The summed E-state index contributed by atoms with van der Waals surface area (Å²) in [4.78, 5) is 15.2. The van der Waals surface area contributed by atoms with E-state index >= 15 is 0 Å². The molecule has 0 saturated carbocycles. The normalized spacial score (nSPS) is 13.2. The van der Waals surface area contributed by atoms with Crippen molar-refractivity contribution in [1.82, 2.24) is 0 Å². The van der Waals surface area contributed by atoms with Crippen molar-refractivity contribution in [2.45, 2.75) is 32.1 Å². The Hall–Kier alpha value is -3.12. The average Bonchev–Trinajstić information content (AvgIpc) is 3.15. The lowest BCUT2D eigenvalue weighted by Crippen LogP contribution is -2.42.